The van der Waals surface area contributed by atoms with Gasteiger partial charge >= 0.3 is 0 Å². The van der Waals surface area contributed by atoms with Crippen LogP contribution in [-0.4, -0.2) is 44.4 Å². The molecule has 0 aromatic heterocycles. The number of piperazine rings is 1. The topological polar surface area (TPSA) is 34.2 Å². The van der Waals surface area contributed by atoms with Gasteiger partial charge in [-0.05, 0) is 42.0 Å². The molecule has 0 radical (unpaired) electrons. The monoisotopic (exact) mass is 452 g/mol. The number of rotatable bonds is 7. The number of para-hydroxylation sites is 1. The third-order valence-corrected chi connectivity index (χ3v) is 6.13. The first-order valence-corrected chi connectivity index (χ1v) is 11.2. The Morgan fingerprint density at radius 3 is 2.42 bits per heavy atom. The van der Waals surface area contributed by atoms with Gasteiger partial charge in [0.25, 0.3) is 0 Å². The molecule has 1 fully saturated rings. The number of benzene rings is 3. The molecule has 0 saturated carbocycles. The van der Waals surface area contributed by atoms with Crippen LogP contribution in [0.1, 0.15) is 18.1 Å². The Hall–Kier alpha value is -3.32. The summed E-state index contributed by atoms with van der Waals surface area (Å²) in [5.74, 6) is 0.0283. The molecule has 3 aromatic rings. The first-order valence-electron chi connectivity index (χ1n) is 11.2. The second-order valence-electron chi connectivity index (χ2n) is 8.25. The van der Waals surface area contributed by atoms with Gasteiger partial charge in [0.15, 0.2) is 23.1 Å². The second kappa shape index (κ2) is 9.67. The lowest BCUT2D eigenvalue weighted by Gasteiger charge is -2.36. The zero-order chi connectivity index (χ0) is 22.6. The fraction of sp³-hybridized carbons (Fsp3) is 0.308. The van der Waals surface area contributed by atoms with Crippen molar-refractivity contribution in [1.29, 1.82) is 0 Å². The summed E-state index contributed by atoms with van der Waals surface area (Å²) < 4.78 is 44.7. The molecule has 0 N–H and O–H groups in total. The zero-order valence-electron chi connectivity index (χ0n) is 18.3. The van der Waals surface area contributed by atoms with Crippen LogP contribution in [0.15, 0.2) is 66.7 Å². The van der Waals surface area contributed by atoms with E-state index in [0.717, 1.165) is 44.4 Å². The summed E-state index contributed by atoms with van der Waals surface area (Å²) >= 11 is 0. The van der Waals surface area contributed by atoms with Crippen molar-refractivity contribution in [3.63, 3.8) is 0 Å². The minimum Gasteiger partial charge on any atom is -0.483 e. The Kier molecular flexibility index (Phi) is 6.30. The second-order valence-corrected chi connectivity index (χ2v) is 8.25. The van der Waals surface area contributed by atoms with E-state index in [9.17, 15) is 8.78 Å². The molecule has 1 unspecified atom stereocenters. The summed E-state index contributed by atoms with van der Waals surface area (Å²) in [5, 5.41) is 0. The van der Waals surface area contributed by atoms with E-state index in [-0.39, 0.29) is 12.5 Å². The van der Waals surface area contributed by atoms with Gasteiger partial charge in [-0.2, -0.15) is 0 Å². The number of hydrogen-bond acceptors (Lipinski definition) is 5. The maximum absolute atomic E-state index is 14.3. The molecule has 172 valence electrons. The largest absolute Gasteiger partial charge is 0.483 e. The van der Waals surface area contributed by atoms with E-state index >= 15 is 0 Å². The van der Waals surface area contributed by atoms with Gasteiger partial charge in [-0.3, -0.25) is 4.90 Å². The molecule has 2 aliphatic rings. The molecule has 5 rings (SSSR count). The van der Waals surface area contributed by atoms with Crippen LogP contribution in [0.2, 0.25) is 0 Å². The molecule has 0 bridgehead atoms. The summed E-state index contributed by atoms with van der Waals surface area (Å²) in [5.41, 5.74) is 2.11. The van der Waals surface area contributed by atoms with Gasteiger partial charge in [-0.15, -0.1) is 0 Å². The lowest BCUT2D eigenvalue weighted by atomic mass is 10.0. The average Bonchev–Trinajstić information content (AvgIpc) is 3.32. The smallest absolute Gasteiger partial charge is 0.231 e. The van der Waals surface area contributed by atoms with Crippen LogP contribution in [0.3, 0.4) is 0 Å². The zero-order valence-corrected chi connectivity index (χ0v) is 18.3. The predicted octanol–water partition coefficient (Wildman–Crippen LogP) is 5.03. The first-order chi connectivity index (χ1) is 16.2. The van der Waals surface area contributed by atoms with Crippen molar-refractivity contribution in [3.05, 3.63) is 83.9 Å². The molecule has 2 aliphatic heterocycles. The van der Waals surface area contributed by atoms with Crippen molar-refractivity contribution in [1.82, 2.24) is 4.90 Å². The molecule has 0 amide bonds. The number of hydrogen-bond donors (Lipinski definition) is 0. The lowest BCUT2D eigenvalue weighted by Crippen LogP contribution is -2.46. The summed E-state index contributed by atoms with van der Waals surface area (Å²) in [6.07, 6.45) is 0.244. The summed E-state index contributed by atoms with van der Waals surface area (Å²) in [7, 11) is 0. The van der Waals surface area contributed by atoms with E-state index in [1.54, 1.807) is 0 Å². The number of nitrogens with zero attached hydrogens (tertiary/aromatic N) is 2. The predicted molar refractivity (Wildman–Crippen MR) is 122 cm³/mol. The lowest BCUT2D eigenvalue weighted by molar-refractivity contribution is 0.154. The van der Waals surface area contributed by atoms with Gasteiger partial charge < -0.3 is 19.1 Å². The number of ether oxygens (including phenoxy) is 3. The average molecular weight is 453 g/mol. The van der Waals surface area contributed by atoms with Crippen LogP contribution >= 0.6 is 0 Å². The molecule has 3 aromatic carbocycles. The van der Waals surface area contributed by atoms with Crippen LogP contribution in [0, 0.1) is 11.6 Å². The maximum atomic E-state index is 14.3. The van der Waals surface area contributed by atoms with Crippen molar-refractivity contribution in [3.8, 4) is 17.2 Å². The highest BCUT2D eigenvalue weighted by atomic mass is 19.1. The quantitative estimate of drug-likeness (QED) is 0.503. The molecule has 0 spiro atoms. The number of halogens is 2. The molecular weight excluding hydrogens is 426 g/mol. The third-order valence-electron chi connectivity index (χ3n) is 6.13. The summed E-state index contributed by atoms with van der Waals surface area (Å²) in [6, 6.07) is 19.4. The van der Waals surface area contributed by atoms with Crippen molar-refractivity contribution in [2.45, 2.75) is 12.5 Å². The van der Waals surface area contributed by atoms with E-state index in [1.807, 2.05) is 24.3 Å². The maximum Gasteiger partial charge on any atom is 0.231 e. The van der Waals surface area contributed by atoms with E-state index in [2.05, 4.69) is 34.1 Å². The molecular formula is C26H26F2N2O3. The summed E-state index contributed by atoms with van der Waals surface area (Å²) in [4.78, 5) is 4.78. The van der Waals surface area contributed by atoms with Gasteiger partial charge in [0, 0.05) is 50.9 Å². The molecule has 2 heterocycles. The Balaban J connectivity index is 1.27. The normalized spacial score (nSPS) is 16.6. The minimum absolute atomic E-state index is 0.0352. The van der Waals surface area contributed by atoms with Crippen molar-refractivity contribution < 1.29 is 23.0 Å². The third kappa shape index (κ3) is 5.03. The highest BCUT2D eigenvalue weighted by molar-refractivity contribution is 5.47. The minimum atomic E-state index is -0.711. The summed E-state index contributed by atoms with van der Waals surface area (Å²) in [6.45, 7) is 4.76. The van der Waals surface area contributed by atoms with Gasteiger partial charge in [-0.1, -0.05) is 24.3 Å². The molecule has 0 aliphatic carbocycles. The van der Waals surface area contributed by atoms with E-state index in [1.165, 1.54) is 17.8 Å². The van der Waals surface area contributed by atoms with Gasteiger partial charge in [0.1, 0.15) is 11.9 Å². The van der Waals surface area contributed by atoms with Gasteiger partial charge in [0.2, 0.25) is 6.79 Å². The molecule has 33 heavy (non-hydrogen) atoms. The first kappa shape index (κ1) is 21.5. The number of fused-ring (bicyclic) bond motifs is 1. The van der Waals surface area contributed by atoms with Crippen LogP contribution in [-0.2, 0) is 0 Å². The van der Waals surface area contributed by atoms with Crippen molar-refractivity contribution in [2.75, 3.05) is 44.4 Å². The molecule has 1 atom stereocenters. The Morgan fingerprint density at radius 1 is 0.848 bits per heavy atom. The van der Waals surface area contributed by atoms with Crippen LogP contribution in [0.5, 0.6) is 17.2 Å². The standard InChI is InChI=1S/C26H26F2N2O3/c27-20-7-9-24(22(28)17-20)33-23(19-6-8-25-26(16-19)32-18-31-25)10-11-29-12-14-30(15-13-29)21-4-2-1-3-5-21/h1-9,16-17,23H,10-15,18H2. The van der Waals surface area contributed by atoms with Gasteiger partial charge in [0.05, 0.1) is 0 Å². The Labute approximate surface area is 192 Å². The molecule has 7 heteroatoms. The van der Waals surface area contributed by atoms with Crippen LogP contribution < -0.4 is 19.1 Å². The molecule has 1 saturated heterocycles. The SMILES string of the molecule is Fc1ccc(OC(CCN2CCN(c3ccccc3)CC2)c2ccc3c(c2)OCO3)c(F)c1. The van der Waals surface area contributed by atoms with Crippen LogP contribution in [0.4, 0.5) is 14.5 Å². The van der Waals surface area contributed by atoms with E-state index in [4.69, 9.17) is 14.2 Å². The van der Waals surface area contributed by atoms with E-state index < -0.39 is 17.7 Å². The van der Waals surface area contributed by atoms with Gasteiger partial charge in [-0.25, -0.2) is 8.78 Å². The van der Waals surface area contributed by atoms with Crippen molar-refractivity contribution in [2.24, 2.45) is 0 Å². The fourth-order valence-electron chi connectivity index (χ4n) is 4.30. The van der Waals surface area contributed by atoms with E-state index in [0.29, 0.717) is 17.9 Å². The van der Waals surface area contributed by atoms with Crippen molar-refractivity contribution >= 4 is 5.69 Å². The Morgan fingerprint density at radius 2 is 1.64 bits per heavy atom. The Bertz CT molecular complexity index is 1090. The fourth-order valence-corrected chi connectivity index (χ4v) is 4.30. The van der Waals surface area contributed by atoms with Crippen LogP contribution in [0.25, 0.3) is 0 Å². The highest BCUT2D eigenvalue weighted by Gasteiger charge is 2.23. The molecule has 5 nitrogen and oxygen atoms in total. The highest BCUT2D eigenvalue weighted by Crippen LogP contribution is 2.36. The number of anilines is 1.